The molecule has 1 heterocycles. The number of ether oxygens (including phenoxy) is 3. The van der Waals surface area contributed by atoms with Crippen molar-refractivity contribution in [3.05, 3.63) is 36.7 Å². The summed E-state index contributed by atoms with van der Waals surface area (Å²) in [6.07, 6.45) is 14.0. The van der Waals surface area contributed by atoms with Crippen LogP contribution in [0.3, 0.4) is 0 Å². The van der Waals surface area contributed by atoms with E-state index in [0.717, 1.165) is 56.8 Å². The van der Waals surface area contributed by atoms with Crippen molar-refractivity contribution in [3.8, 4) is 22.9 Å². The van der Waals surface area contributed by atoms with Gasteiger partial charge in [-0.25, -0.2) is 9.97 Å². The molecule has 30 heavy (non-hydrogen) atoms. The van der Waals surface area contributed by atoms with Gasteiger partial charge in [-0.3, -0.25) is 0 Å². The first-order valence-corrected chi connectivity index (χ1v) is 11.6. The molecule has 166 valence electrons. The molecule has 0 bridgehead atoms. The van der Waals surface area contributed by atoms with E-state index in [0.29, 0.717) is 18.2 Å². The van der Waals surface area contributed by atoms with Gasteiger partial charge in [0.05, 0.1) is 25.6 Å². The normalized spacial score (nSPS) is 10.9. The Morgan fingerprint density at radius 2 is 1.17 bits per heavy atom. The maximum Gasteiger partial charge on any atom is 0.159 e. The fourth-order valence-electron chi connectivity index (χ4n) is 2.98. The van der Waals surface area contributed by atoms with E-state index < -0.39 is 0 Å². The Labute approximate surface area is 182 Å². The van der Waals surface area contributed by atoms with Crippen molar-refractivity contribution in [2.24, 2.45) is 0 Å². The van der Waals surface area contributed by atoms with Crippen LogP contribution in [0.15, 0.2) is 36.7 Å². The summed E-state index contributed by atoms with van der Waals surface area (Å²) in [5, 5.41) is 0. The first kappa shape index (κ1) is 24.1. The highest BCUT2D eigenvalue weighted by atomic mass is 16.5. The molecule has 0 amide bonds. The van der Waals surface area contributed by atoms with Gasteiger partial charge in [-0.1, -0.05) is 46.0 Å². The van der Waals surface area contributed by atoms with E-state index in [2.05, 4.69) is 23.8 Å². The monoisotopic (exact) mass is 414 g/mol. The fourth-order valence-corrected chi connectivity index (χ4v) is 2.98. The van der Waals surface area contributed by atoms with E-state index in [4.69, 9.17) is 14.2 Å². The second-order valence-corrected chi connectivity index (χ2v) is 7.55. The minimum atomic E-state index is 0.657. The number of hydrogen-bond acceptors (Lipinski definition) is 5. The number of nitrogens with zero attached hydrogens (tertiary/aromatic N) is 2. The molecule has 2 aromatic rings. The summed E-state index contributed by atoms with van der Waals surface area (Å²) in [6, 6.07) is 7.97. The Morgan fingerprint density at radius 1 is 0.600 bits per heavy atom. The lowest BCUT2D eigenvalue weighted by Gasteiger charge is -2.08. The van der Waals surface area contributed by atoms with Gasteiger partial charge in [-0.15, -0.1) is 0 Å². The predicted molar refractivity (Wildman–Crippen MR) is 122 cm³/mol. The molecular formula is C25H38N2O3. The van der Waals surface area contributed by atoms with Gasteiger partial charge in [0, 0.05) is 18.8 Å². The maximum atomic E-state index is 5.82. The molecule has 0 N–H and O–H groups in total. The van der Waals surface area contributed by atoms with Gasteiger partial charge in [-0.2, -0.15) is 0 Å². The predicted octanol–water partition coefficient (Wildman–Crippen LogP) is 6.47. The van der Waals surface area contributed by atoms with Crippen LogP contribution in [0.1, 0.15) is 71.6 Å². The molecule has 0 saturated carbocycles. The van der Waals surface area contributed by atoms with Gasteiger partial charge in [0.25, 0.3) is 0 Å². The highest BCUT2D eigenvalue weighted by molar-refractivity contribution is 5.56. The molecule has 2 rings (SSSR count). The largest absolute Gasteiger partial charge is 0.494 e. The van der Waals surface area contributed by atoms with Crippen LogP contribution < -0.4 is 9.47 Å². The zero-order valence-electron chi connectivity index (χ0n) is 18.8. The van der Waals surface area contributed by atoms with Crippen LogP contribution >= 0.6 is 0 Å². The van der Waals surface area contributed by atoms with Gasteiger partial charge in [0.2, 0.25) is 0 Å². The van der Waals surface area contributed by atoms with Gasteiger partial charge >= 0.3 is 0 Å². The Bertz CT molecular complexity index is 659. The van der Waals surface area contributed by atoms with Crippen molar-refractivity contribution in [3.63, 3.8) is 0 Å². The SMILES string of the molecule is CCCCCCCOc1ccc(-c2ncc(OCCCCOCCCC)cn2)cc1. The van der Waals surface area contributed by atoms with Crippen molar-refractivity contribution in [1.29, 1.82) is 0 Å². The second-order valence-electron chi connectivity index (χ2n) is 7.55. The van der Waals surface area contributed by atoms with Gasteiger partial charge < -0.3 is 14.2 Å². The van der Waals surface area contributed by atoms with Crippen LogP contribution in [-0.4, -0.2) is 36.4 Å². The molecule has 1 aromatic carbocycles. The summed E-state index contributed by atoms with van der Waals surface area (Å²) >= 11 is 0. The third-order valence-corrected chi connectivity index (χ3v) is 4.85. The van der Waals surface area contributed by atoms with Crippen molar-refractivity contribution in [1.82, 2.24) is 9.97 Å². The van der Waals surface area contributed by atoms with Gasteiger partial charge in [0.1, 0.15) is 5.75 Å². The summed E-state index contributed by atoms with van der Waals surface area (Å²) in [6.45, 7) is 7.50. The number of benzene rings is 1. The molecule has 0 aliphatic heterocycles. The minimum absolute atomic E-state index is 0.657. The zero-order valence-corrected chi connectivity index (χ0v) is 18.8. The lowest BCUT2D eigenvalue weighted by Crippen LogP contribution is -2.02. The van der Waals surface area contributed by atoms with Gasteiger partial charge in [0.15, 0.2) is 11.6 Å². The highest BCUT2D eigenvalue weighted by Crippen LogP contribution is 2.20. The Morgan fingerprint density at radius 3 is 1.87 bits per heavy atom. The topological polar surface area (TPSA) is 53.5 Å². The molecule has 0 radical (unpaired) electrons. The Kier molecular flexibility index (Phi) is 12.6. The number of rotatable bonds is 17. The Hall–Kier alpha value is -2.14. The molecule has 0 fully saturated rings. The summed E-state index contributed by atoms with van der Waals surface area (Å²) in [4.78, 5) is 8.86. The number of hydrogen-bond donors (Lipinski definition) is 0. The molecule has 0 aliphatic carbocycles. The summed E-state index contributed by atoms with van der Waals surface area (Å²) < 4.78 is 17.1. The number of unbranched alkanes of at least 4 members (excludes halogenated alkanes) is 6. The fraction of sp³-hybridized carbons (Fsp3) is 0.600. The lowest BCUT2D eigenvalue weighted by molar-refractivity contribution is 0.123. The van der Waals surface area contributed by atoms with Crippen LogP contribution in [0.25, 0.3) is 11.4 Å². The third kappa shape index (κ3) is 10.1. The quantitative estimate of drug-likeness (QED) is 0.278. The van der Waals surface area contributed by atoms with Crippen molar-refractivity contribution >= 4 is 0 Å². The van der Waals surface area contributed by atoms with Crippen molar-refractivity contribution in [2.45, 2.75) is 71.6 Å². The first-order valence-electron chi connectivity index (χ1n) is 11.6. The number of aromatic nitrogens is 2. The summed E-state index contributed by atoms with van der Waals surface area (Å²) in [5.41, 5.74) is 0.973. The van der Waals surface area contributed by atoms with Crippen LogP contribution in [0, 0.1) is 0 Å². The smallest absolute Gasteiger partial charge is 0.159 e. The maximum absolute atomic E-state index is 5.82. The van der Waals surface area contributed by atoms with E-state index in [9.17, 15) is 0 Å². The molecule has 0 aliphatic rings. The van der Waals surface area contributed by atoms with E-state index >= 15 is 0 Å². The van der Waals surface area contributed by atoms with Crippen LogP contribution in [0.2, 0.25) is 0 Å². The van der Waals surface area contributed by atoms with Gasteiger partial charge in [-0.05, 0) is 49.9 Å². The average Bonchev–Trinajstić information content (AvgIpc) is 2.79. The third-order valence-electron chi connectivity index (χ3n) is 4.85. The lowest BCUT2D eigenvalue weighted by atomic mass is 10.2. The molecule has 0 unspecified atom stereocenters. The van der Waals surface area contributed by atoms with Crippen LogP contribution in [0.5, 0.6) is 11.5 Å². The highest BCUT2D eigenvalue weighted by Gasteiger charge is 2.03. The van der Waals surface area contributed by atoms with E-state index in [1.807, 2.05) is 24.3 Å². The molecular weight excluding hydrogens is 376 g/mol. The molecule has 0 atom stereocenters. The minimum Gasteiger partial charge on any atom is -0.494 e. The van der Waals surface area contributed by atoms with E-state index in [-0.39, 0.29) is 0 Å². The standard InChI is InChI=1S/C25H38N2O3/c1-3-5-7-8-9-18-29-23-14-12-22(13-15-23)25-26-20-24(21-27-25)30-19-11-10-17-28-16-6-4-2/h12-15,20-21H,3-11,16-19H2,1-2H3. The molecule has 1 aromatic heterocycles. The molecule has 5 nitrogen and oxygen atoms in total. The second kappa shape index (κ2) is 15.7. The Balaban J connectivity index is 1.65. The zero-order chi connectivity index (χ0) is 21.3. The first-order chi connectivity index (χ1) is 14.8. The van der Waals surface area contributed by atoms with Crippen molar-refractivity contribution in [2.75, 3.05) is 26.4 Å². The van der Waals surface area contributed by atoms with Crippen LogP contribution in [0.4, 0.5) is 0 Å². The van der Waals surface area contributed by atoms with Crippen molar-refractivity contribution < 1.29 is 14.2 Å². The van der Waals surface area contributed by atoms with E-state index in [1.54, 1.807) is 12.4 Å². The molecule has 0 spiro atoms. The summed E-state index contributed by atoms with van der Waals surface area (Å²) in [7, 11) is 0. The summed E-state index contributed by atoms with van der Waals surface area (Å²) in [5.74, 6) is 2.29. The molecule has 0 saturated heterocycles. The van der Waals surface area contributed by atoms with Crippen LogP contribution in [-0.2, 0) is 4.74 Å². The van der Waals surface area contributed by atoms with E-state index in [1.165, 1.54) is 32.1 Å². The molecule has 5 heteroatoms. The average molecular weight is 415 g/mol.